The molecule has 0 saturated carbocycles. The van der Waals surface area contributed by atoms with Gasteiger partial charge in [-0.3, -0.25) is 19.4 Å². The lowest BCUT2D eigenvalue weighted by Gasteiger charge is -2.39. The molecule has 14 nitrogen and oxygen atoms in total. The molecule has 1 fully saturated rings. The Bertz CT molecular complexity index is 2870. The molecule has 2 atom stereocenters. The molecule has 0 bridgehead atoms. The monoisotopic (exact) mass is 1050 g/mol. The molecular weight excluding hydrogens is 992 g/mol. The van der Waals surface area contributed by atoms with Crippen LogP contribution in [0.3, 0.4) is 0 Å². The number of rotatable bonds is 18. The lowest BCUT2D eigenvalue weighted by atomic mass is 9.85. The number of amides is 3. The van der Waals surface area contributed by atoms with Crippen molar-refractivity contribution in [3.8, 4) is 33.5 Å². The van der Waals surface area contributed by atoms with Crippen molar-refractivity contribution in [2.24, 2.45) is 5.41 Å². The van der Waals surface area contributed by atoms with E-state index in [0.717, 1.165) is 38.7 Å². The first-order chi connectivity index (χ1) is 34.5. The fourth-order valence-electron chi connectivity index (χ4n) is 8.14. The molecule has 1 unspecified atom stereocenters. The van der Waals surface area contributed by atoms with Gasteiger partial charge in [0.05, 0.1) is 69.7 Å². The second-order valence-corrected chi connectivity index (χ2v) is 20.1. The predicted octanol–water partition coefficient (Wildman–Crippen LogP) is 9.18. The van der Waals surface area contributed by atoms with Gasteiger partial charge in [0, 0.05) is 32.1 Å². The van der Waals surface area contributed by atoms with Gasteiger partial charge in [-0.05, 0) is 105 Å². The van der Waals surface area contributed by atoms with E-state index < -0.39 is 63.6 Å². The standard InChI is InChI=1S/C52H55F5N8O6S2/c1-31-45(73-30-61-31)33-13-11-32(12-14-33)26-60-47(68)40-10-8-21-64(40)48(69)46(50(2,3)4)62-42(67)28-70-22-9-23-71-41-20-16-34(24-37(41)53)38-18-17-36(27-59-38)65(51(5,6)29-66)49(72)63(7)39-19-15-35(25-58)43(44(39)54)52(55,56)57/h11-20,24,27,29-30,40,46H,8-10,21-23,26,28H2,1-7H3,(H,60,68)(H,62,67)/t40-,46?/m0/s1. The summed E-state index contributed by atoms with van der Waals surface area (Å²) in [5.74, 6) is -3.64. The molecule has 1 aliphatic rings. The number of aromatic nitrogens is 2. The average molecular weight is 1050 g/mol. The zero-order chi connectivity index (χ0) is 53.4. The molecule has 0 radical (unpaired) electrons. The van der Waals surface area contributed by atoms with Crippen LogP contribution >= 0.6 is 23.6 Å². The summed E-state index contributed by atoms with van der Waals surface area (Å²) in [5, 5.41) is 14.7. The number of nitrogens with zero attached hydrogens (tertiary/aromatic N) is 6. The van der Waals surface area contributed by atoms with Crippen LogP contribution in [0.15, 0.2) is 78.4 Å². The molecule has 3 heterocycles. The number of pyridine rings is 1. The summed E-state index contributed by atoms with van der Waals surface area (Å²) in [5.41, 5.74) is 0.215. The Morgan fingerprint density at radius 3 is 2.32 bits per heavy atom. The number of carbonyl (C=O) groups excluding carboxylic acids is 4. The number of aryl methyl sites for hydroxylation is 1. The normalized spacial score (nSPS) is 14.2. The maximum atomic E-state index is 15.4. The quantitative estimate of drug-likeness (QED) is 0.0370. The number of hydrogen-bond donors (Lipinski definition) is 2. The van der Waals surface area contributed by atoms with Crippen LogP contribution in [0, 0.1) is 35.3 Å². The smallest absolute Gasteiger partial charge is 0.420 e. The highest BCUT2D eigenvalue weighted by molar-refractivity contribution is 7.80. The first-order valence-corrected chi connectivity index (χ1v) is 24.4. The Balaban J connectivity index is 0.981. The maximum Gasteiger partial charge on any atom is 0.420 e. The third-order valence-corrected chi connectivity index (χ3v) is 13.5. The number of likely N-dealkylation sites (tertiary alicyclic amines) is 1. The largest absolute Gasteiger partial charge is 0.490 e. The second-order valence-electron chi connectivity index (χ2n) is 18.9. The number of thiazole rings is 1. The van der Waals surface area contributed by atoms with E-state index >= 15 is 8.78 Å². The van der Waals surface area contributed by atoms with Gasteiger partial charge < -0.3 is 39.6 Å². The van der Waals surface area contributed by atoms with Crippen LogP contribution in [0.1, 0.15) is 76.3 Å². The Labute approximate surface area is 429 Å². The van der Waals surface area contributed by atoms with E-state index in [2.05, 4.69) is 20.6 Å². The highest BCUT2D eigenvalue weighted by atomic mass is 32.1. The van der Waals surface area contributed by atoms with Crippen LogP contribution in [0.25, 0.3) is 21.7 Å². The number of halogens is 5. The van der Waals surface area contributed by atoms with E-state index in [9.17, 15) is 37.6 Å². The van der Waals surface area contributed by atoms with Crippen molar-refractivity contribution in [3.05, 3.63) is 112 Å². The SMILES string of the molecule is Cc1ncsc1-c1ccc(CNC(=O)[C@@H]2CCCN2C(=O)C(NC(=O)COCCCOc2ccc(-c3ccc(N(C(=S)N(C)c4ccc(C#N)c(C(F)(F)F)c4F)C(C)(C)C=O)cn3)cc2F)C(C)(C)C)cc1. The minimum atomic E-state index is -5.18. The molecule has 2 N–H and O–H groups in total. The minimum Gasteiger partial charge on any atom is -0.490 e. The van der Waals surface area contributed by atoms with E-state index in [1.807, 2.05) is 52.0 Å². The second kappa shape index (κ2) is 23.3. The first kappa shape index (κ1) is 55.4. The van der Waals surface area contributed by atoms with Gasteiger partial charge in [0.1, 0.15) is 30.5 Å². The number of anilines is 2. The van der Waals surface area contributed by atoms with Crippen molar-refractivity contribution in [1.29, 1.82) is 5.26 Å². The van der Waals surface area contributed by atoms with Crippen molar-refractivity contribution >= 4 is 64.0 Å². The van der Waals surface area contributed by atoms with Gasteiger partial charge in [0.15, 0.2) is 22.5 Å². The molecule has 1 aliphatic heterocycles. The van der Waals surface area contributed by atoms with Gasteiger partial charge in [-0.25, -0.2) is 13.8 Å². The number of nitriles is 1. The Morgan fingerprint density at radius 1 is 1.00 bits per heavy atom. The Kier molecular flexibility index (Phi) is 17.7. The van der Waals surface area contributed by atoms with Crippen LogP contribution < -0.4 is 25.2 Å². The number of aldehydes is 1. The lowest BCUT2D eigenvalue weighted by molar-refractivity contribution is -0.144. The van der Waals surface area contributed by atoms with E-state index in [1.165, 1.54) is 67.2 Å². The van der Waals surface area contributed by atoms with Gasteiger partial charge in [0.2, 0.25) is 17.7 Å². The number of alkyl halides is 3. The third kappa shape index (κ3) is 13.2. The molecule has 2 aromatic heterocycles. The minimum absolute atomic E-state index is 0.0326. The maximum absolute atomic E-state index is 15.4. The Hall–Kier alpha value is -6.89. The zero-order valence-electron chi connectivity index (χ0n) is 41.2. The number of hydrogen-bond acceptors (Lipinski definition) is 11. The molecule has 386 valence electrons. The number of thiocarbonyl (C=S) groups is 1. The molecule has 0 spiro atoms. The molecule has 0 aliphatic carbocycles. The van der Waals surface area contributed by atoms with E-state index in [1.54, 1.807) is 22.9 Å². The summed E-state index contributed by atoms with van der Waals surface area (Å²) in [7, 11) is 1.22. The van der Waals surface area contributed by atoms with Crippen molar-refractivity contribution in [3.63, 3.8) is 0 Å². The summed E-state index contributed by atoms with van der Waals surface area (Å²) in [6, 6.07) is 16.6. The van der Waals surface area contributed by atoms with Crippen LogP contribution in [0.5, 0.6) is 5.75 Å². The van der Waals surface area contributed by atoms with Crippen molar-refractivity contribution in [2.75, 3.05) is 43.2 Å². The van der Waals surface area contributed by atoms with Crippen LogP contribution in [0.4, 0.5) is 33.3 Å². The molecule has 3 amide bonds. The number of ether oxygens (including phenoxy) is 2. The van der Waals surface area contributed by atoms with E-state index in [-0.39, 0.29) is 54.6 Å². The van der Waals surface area contributed by atoms with Crippen molar-refractivity contribution in [2.45, 2.75) is 91.1 Å². The predicted molar refractivity (Wildman–Crippen MR) is 271 cm³/mol. The molecule has 73 heavy (non-hydrogen) atoms. The molecule has 3 aromatic carbocycles. The lowest BCUT2D eigenvalue weighted by Crippen LogP contribution is -2.58. The van der Waals surface area contributed by atoms with Gasteiger partial charge in [0.25, 0.3) is 0 Å². The first-order valence-electron chi connectivity index (χ1n) is 23.1. The topological polar surface area (TPSA) is 170 Å². The fourth-order valence-corrected chi connectivity index (χ4v) is 9.39. The highest BCUT2D eigenvalue weighted by Gasteiger charge is 2.43. The summed E-state index contributed by atoms with van der Waals surface area (Å²) < 4.78 is 83.2. The number of benzene rings is 3. The Morgan fingerprint density at radius 2 is 1.71 bits per heavy atom. The van der Waals surface area contributed by atoms with Crippen molar-refractivity contribution in [1.82, 2.24) is 25.5 Å². The van der Waals surface area contributed by atoms with E-state index in [4.69, 9.17) is 21.7 Å². The molecule has 21 heteroatoms. The van der Waals surface area contributed by atoms with Gasteiger partial charge in [-0.15, -0.1) is 11.3 Å². The van der Waals surface area contributed by atoms with Crippen LogP contribution in [-0.4, -0.2) is 95.0 Å². The molecular formula is C52H55F5N8O6S2. The van der Waals surface area contributed by atoms with Gasteiger partial charge in [-0.1, -0.05) is 45.0 Å². The summed E-state index contributed by atoms with van der Waals surface area (Å²) in [6.07, 6.45) is -1.90. The highest BCUT2D eigenvalue weighted by Crippen LogP contribution is 2.39. The average Bonchev–Trinajstić information content (AvgIpc) is 4.02. The fraction of sp³-hybridized carbons (Fsp3) is 0.385. The van der Waals surface area contributed by atoms with Crippen LogP contribution in [-0.2, 0) is 36.6 Å². The molecule has 6 rings (SSSR count). The van der Waals surface area contributed by atoms with E-state index in [0.29, 0.717) is 43.5 Å². The number of nitrogens with one attached hydrogen (secondary N) is 2. The van der Waals surface area contributed by atoms with Crippen LogP contribution in [0.2, 0.25) is 0 Å². The third-order valence-electron chi connectivity index (χ3n) is 12.1. The van der Waals surface area contributed by atoms with Gasteiger partial charge >= 0.3 is 6.18 Å². The summed E-state index contributed by atoms with van der Waals surface area (Å²) in [4.78, 5) is 66.3. The summed E-state index contributed by atoms with van der Waals surface area (Å²) >= 11 is 7.15. The summed E-state index contributed by atoms with van der Waals surface area (Å²) in [6.45, 7) is 10.8. The van der Waals surface area contributed by atoms with Gasteiger partial charge in [-0.2, -0.15) is 18.4 Å². The zero-order valence-corrected chi connectivity index (χ0v) is 42.9. The molecule has 5 aromatic rings. The molecule has 1 saturated heterocycles. The van der Waals surface area contributed by atoms with Crippen molar-refractivity contribution < 1.29 is 50.6 Å². The number of carbonyl (C=O) groups is 4.